The van der Waals surface area contributed by atoms with Crippen molar-refractivity contribution < 1.29 is 9.53 Å². The summed E-state index contributed by atoms with van der Waals surface area (Å²) in [6, 6.07) is 17.4. The normalized spacial score (nSPS) is 11.9. The maximum atomic E-state index is 11.4. The number of rotatable bonds is 6. The van der Waals surface area contributed by atoms with Crippen molar-refractivity contribution in [3.05, 3.63) is 54.6 Å². The summed E-state index contributed by atoms with van der Waals surface area (Å²) < 4.78 is 7.14. The van der Waals surface area contributed by atoms with Gasteiger partial charge in [-0.3, -0.25) is 9.36 Å². The van der Waals surface area contributed by atoms with E-state index in [4.69, 9.17) is 10.5 Å². The highest BCUT2D eigenvalue weighted by Gasteiger charge is 2.20. The van der Waals surface area contributed by atoms with E-state index in [1.165, 1.54) is 11.8 Å². The fraction of sp³-hybridized carbons (Fsp3) is 0.167. The van der Waals surface area contributed by atoms with E-state index in [-0.39, 0.29) is 0 Å². The second-order valence-corrected chi connectivity index (χ2v) is 6.68. The number of methoxy groups -OCH3 is 1. The molecular formula is C18H18N4O2S. The predicted molar refractivity (Wildman–Crippen MR) is 97.9 cm³/mol. The van der Waals surface area contributed by atoms with Gasteiger partial charge in [0.05, 0.1) is 12.4 Å². The molecule has 1 heterocycles. The van der Waals surface area contributed by atoms with Crippen LogP contribution in [-0.2, 0) is 4.79 Å². The zero-order chi connectivity index (χ0) is 17.8. The van der Waals surface area contributed by atoms with Crippen molar-refractivity contribution in [3.8, 4) is 22.8 Å². The Morgan fingerprint density at radius 2 is 1.80 bits per heavy atom. The summed E-state index contributed by atoms with van der Waals surface area (Å²) in [5.41, 5.74) is 7.21. The van der Waals surface area contributed by atoms with Crippen molar-refractivity contribution in [3.63, 3.8) is 0 Å². The number of hydrogen-bond acceptors (Lipinski definition) is 5. The van der Waals surface area contributed by atoms with Crippen molar-refractivity contribution in [2.24, 2.45) is 5.73 Å². The summed E-state index contributed by atoms with van der Waals surface area (Å²) in [6.07, 6.45) is 0. The molecule has 2 N–H and O–H groups in total. The summed E-state index contributed by atoms with van der Waals surface area (Å²) in [6.45, 7) is 1.75. The molecule has 7 heteroatoms. The third kappa shape index (κ3) is 3.66. The number of aromatic nitrogens is 3. The highest BCUT2D eigenvalue weighted by atomic mass is 32.2. The molecule has 0 spiro atoms. The van der Waals surface area contributed by atoms with Crippen molar-refractivity contribution >= 4 is 17.7 Å². The Bertz CT molecular complexity index is 863. The van der Waals surface area contributed by atoms with Crippen LogP contribution in [0.2, 0.25) is 0 Å². The Hall–Kier alpha value is -2.80. The Labute approximate surface area is 150 Å². The molecular weight excluding hydrogens is 336 g/mol. The van der Waals surface area contributed by atoms with Crippen LogP contribution in [0.4, 0.5) is 0 Å². The summed E-state index contributed by atoms with van der Waals surface area (Å²) >= 11 is 1.28. The van der Waals surface area contributed by atoms with Gasteiger partial charge in [-0.1, -0.05) is 42.1 Å². The molecule has 1 aromatic heterocycles. The van der Waals surface area contributed by atoms with E-state index in [2.05, 4.69) is 10.2 Å². The molecule has 0 saturated carbocycles. The van der Waals surface area contributed by atoms with E-state index in [0.29, 0.717) is 11.0 Å². The van der Waals surface area contributed by atoms with Crippen LogP contribution in [0.1, 0.15) is 6.92 Å². The van der Waals surface area contributed by atoms with Gasteiger partial charge in [-0.05, 0) is 31.2 Å². The molecule has 2 aromatic carbocycles. The second kappa shape index (κ2) is 7.40. The van der Waals surface area contributed by atoms with Gasteiger partial charge >= 0.3 is 0 Å². The van der Waals surface area contributed by atoms with E-state index in [9.17, 15) is 4.79 Å². The fourth-order valence-corrected chi connectivity index (χ4v) is 3.12. The standard InChI is InChI=1S/C18H18N4O2S/c1-12(16(19)23)25-18-21-20-17(13-6-4-3-5-7-13)22(18)14-8-10-15(24-2)11-9-14/h3-12H,1-2H3,(H2,19,23). The number of nitrogens with zero attached hydrogens (tertiary/aromatic N) is 3. The van der Waals surface area contributed by atoms with Gasteiger partial charge in [0, 0.05) is 11.3 Å². The van der Waals surface area contributed by atoms with Crippen LogP contribution in [0.15, 0.2) is 59.8 Å². The van der Waals surface area contributed by atoms with Crippen LogP contribution in [-0.4, -0.2) is 33.0 Å². The lowest BCUT2D eigenvalue weighted by molar-refractivity contribution is -0.117. The van der Waals surface area contributed by atoms with E-state index in [1.54, 1.807) is 14.0 Å². The molecule has 128 valence electrons. The van der Waals surface area contributed by atoms with Gasteiger partial charge in [-0.15, -0.1) is 10.2 Å². The zero-order valence-corrected chi connectivity index (χ0v) is 14.7. The lowest BCUT2D eigenvalue weighted by Crippen LogP contribution is -2.23. The zero-order valence-electron chi connectivity index (χ0n) is 13.9. The fourth-order valence-electron chi connectivity index (χ4n) is 2.30. The van der Waals surface area contributed by atoms with E-state index >= 15 is 0 Å². The number of amides is 1. The average Bonchev–Trinajstić information content (AvgIpc) is 3.06. The van der Waals surface area contributed by atoms with Crippen LogP contribution < -0.4 is 10.5 Å². The Balaban J connectivity index is 2.10. The molecule has 1 atom stereocenters. The van der Waals surface area contributed by atoms with E-state index < -0.39 is 11.2 Å². The van der Waals surface area contributed by atoms with E-state index in [1.807, 2.05) is 59.2 Å². The van der Waals surface area contributed by atoms with Crippen LogP contribution in [0.5, 0.6) is 5.75 Å². The molecule has 3 rings (SSSR count). The van der Waals surface area contributed by atoms with Gasteiger partial charge in [0.25, 0.3) is 0 Å². The van der Waals surface area contributed by atoms with Crippen molar-refractivity contribution in [1.82, 2.24) is 14.8 Å². The first-order valence-electron chi connectivity index (χ1n) is 7.71. The predicted octanol–water partition coefficient (Wildman–Crippen LogP) is 2.91. The first kappa shape index (κ1) is 17.0. The van der Waals surface area contributed by atoms with Gasteiger partial charge in [0.1, 0.15) is 5.75 Å². The third-order valence-corrected chi connectivity index (χ3v) is 4.74. The molecule has 0 aliphatic rings. The maximum Gasteiger partial charge on any atom is 0.230 e. The molecule has 25 heavy (non-hydrogen) atoms. The number of primary amides is 1. The highest BCUT2D eigenvalue weighted by molar-refractivity contribution is 8.00. The number of thioether (sulfide) groups is 1. The summed E-state index contributed by atoms with van der Waals surface area (Å²) in [5.74, 6) is 1.07. The topological polar surface area (TPSA) is 83.0 Å². The van der Waals surface area contributed by atoms with Gasteiger partial charge < -0.3 is 10.5 Å². The van der Waals surface area contributed by atoms with Crippen LogP contribution in [0.25, 0.3) is 17.1 Å². The molecule has 0 saturated heterocycles. The van der Waals surface area contributed by atoms with Gasteiger partial charge in [-0.25, -0.2) is 0 Å². The summed E-state index contributed by atoms with van der Waals surface area (Å²) in [5, 5.41) is 8.79. The lowest BCUT2D eigenvalue weighted by Gasteiger charge is -2.12. The molecule has 0 bridgehead atoms. The first-order valence-corrected chi connectivity index (χ1v) is 8.59. The quantitative estimate of drug-likeness (QED) is 0.688. The minimum absolute atomic E-state index is 0.393. The van der Waals surface area contributed by atoms with Gasteiger partial charge in [-0.2, -0.15) is 0 Å². The van der Waals surface area contributed by atoms with Gasteiger partial charge in [0.2, 0.25) is 5.91 Å². The minimum atomic E-state index is -0.412. The van der Waals surface area contributed by atoms with Crippen LogP contribution in [0.3, 0.4) is 0 Å². The number of benzene rings is 2. The highest BCUT2D eigenvalue weighted by Crippen LogP contribution is 2.30. The lowest BCUT2D eigenvalue weighted by atomic mass is 10.2. The van der Waals surface area contributed by atoms with E-state index in [0.717, 1.165) is 17.0 Å². The minimum Gasteiger partial charge on any atom is -0.497 e. The molecule has 0 aliphatic heterocycles. The van der Waals surface area contributed by atoms with Crippen LogP contribution in [0, 0.1) is 0 Å². The second-order valence-electron chi connectivity index (χ2n) is 5.37. The molecule has 3 aromatic rings. The number of ether oxygens (including phenoxy) is 1. The number of hydrogen-bond donors (Lipinski definition) is 1. The van der Waals surface area contributed by atoms with Crippen molar-refractivity contribution in [2.45, 2.75) is 17.3 Å². The summed E-state index contributed by atoms with van der Waals surface area (Å²) in [4.78, 5) is 11.4. The van der Waals surface area contributed by atoms with Crippen molar-refractivity contribution in [1.29, 1.82) is 0 Å². The molecule has 0 fully saturated rings. The Morgan fingerprint density at radius 3 is 2.40 bits per heavy atom. The number of nitrogens with two attached hydrogens (primary N) is 1. The Kier molecular flexibility index (Phi) is 5.04. The molecule has 0 aliphatic carbocycles. The average molecular weight is 354 g/mol. The number of carbonyl (C=O) groups is 1. The SMILES string of the molecule is COc1ccc(-n2c(SC(C)C(N)=O)nnc2-c2ccccc2)cc1. The van der Waals surface area contributed by atoms with Crippen LogP contribution >= 0.6 is 11.8 Å². The third-order valence-electron chi connectivity index (χ3n) is 3.68. The molecule has 6 nitrogen and oxygen atoms in total. The largest absolute Gasteiger partial charge is 0.497 e. The monoisotopic (exact) mass is 354 g/mol. The maximum absolute atomic E-state index is 11.4. The molecule has 0 radical (unpaired) electrons. The van der Waals surface area contributed by atoms with Crippen molar-refractivity contribution in [2.75, 3.05) is 7.11 Å². The Morgan fingerprint density at radius 1 is 1.12 bits per heavy atom. The molecule has 1 amide bonds. The molecule has 1 unspecified atom stereocenters. The summed E-state index contributed by atoms with van der Waals surface area (Å²) in [7, 11) is 1.62. The van der Waals surface area contributed by atoms with Gasteiger partial charge in [0.15, 0.2) is 11.0 Å². The smallest absolute Gasteiger partial charge is 0.230 e. The first-order chi connectivity index (χ1) is 12.1. The number of carbonyl (C=O) groups excluding carboxylic acids is 1.